The standard InChI is InChI=1S/C23H36ClN3O/c1-4-18-11-15-27(16-12-18)22(28)23(26-21-7-5-19(24)6-8-21)13-9-20(10-14-23)25-17(2)3/h5-8,17-18,20,25-26H,4,9-16H2,1-3H3. The van der Waals surface area contributed by atoms with Crippen LogP contribution in [0.5, 0.6) is 0 Å². The van der Waals surface area contributed by atoms with Gasteiger partial charge in [-0.05, 0) is 68.7 Å². The van der Waals surface area contributed by atoms with E-state index in [1.54, 1.807) is 0 Å². The van der Waals surface area contributed by atoms with E-state index in [9.17, 15) is 4.79 Å². The van der Waals surface area contributed by atoms with Crippen molar-refractivity contribution in [2.45, 2.75) is 83.3 Å². The largest absolute Gasteiger partial charge is 0.371 e. The van der Waals surface area contributed by atoms with Crippen LogP contribution >= 0.6 is 11.6 Å². The van der Waals surface area contributed by atoms with Crippen LogP contribution in [0.2, 0.25) is 5.02 Å². The lowest BCUT2D eigenvalue weighted by molar-refractivity contribution is -0.138. The maximum atomic E-state index is 13.7. The third-order valence-corrected chi connectivity index (χ3v) is 6.78. The van der Waals surface area contributed by atoms with E-state index in [1.807, 2.05) is 24.3 Å². The van der Waals surface area contributed by atoms with Gasteiger partial charge in [-0.2, -0.15) is 0 Å². The molecule has 1 heterocycles. The van der Waals surface area contributed by atoms with Gasteiger partial charge in [0.25, 0.3) is 0 Å². The predicted molar refractivity (Wildman–Crippen MR) is 118 cm³/mol. The first-order valence-corrected chi connectivity index (χ1v) is 11.4. The number of piperidine rings is 1. The van der Waals surface area contributed by atoms with Crippen LogP contribution in [0.1, 0.15) is 65.7 Å². The summed E-state index contributed by atoms with van der Waals surface area (Å²) in [7, 11) is 0. The molecule has 1 saturated carbocycles. The number of nitrogens with one attached hydrogen (secondary N) is 2. The fourth-order valence-corrected chi connectivity index (χ4v) is 4.92. The van der Waals surface area contributed by atoms with Crippen molar-refractivity contribution in [1.82, 2.24) is 10.2 Å². The van der Waals surface area contributed by atoms with Crippen molar-refractivity contribution in [1.29, 1.82) is 0 Å². The van der Waals surface area contributed by atoms with Gasteiger partial charge in [-0.15, -0.1) is 0 Å². The van der Waals surface area contributed by atoms with Crippen molar-refractivity contribution >= 4 is 23.2 Å². The van der Waals surface area contributed by atoms with E-state index in [4.69, 9.17) is 11.6 Å². The second-order valence-corrected chi connectivity index (χ2v) is 9.39. The Morgan fingerprint density at radius 3 is 2.29 bits per heavy atom. The van der Waals surface area contributed by atoms with Gasteiger partial charge in [-0.1, -0.05) is 38.8 Å². The lowest BCUT2D eigenvalue weighted by Crippen LogP contribution is -2.58. The molecule has 0 unspecified atom stereocenters. The third-order valence-electron chi connectivity index (χ3n) is 6.52. The Morgan fingerprint density at radius 2 is 1.75 bits per heavy atom. The molecule has 1 aliphatic heterocycles. The molecule has 0 spiro atoms. The number of likely N-dealkylation sites (tertiary alicyclic amines) is 1. The molecule has 2 aliphatic rings. The van der Waals surface area contributed by atoms with E-state index >= 15 is 0 Å². The Hall–Kier alpha value is -1.26. The van der Waals surface area contributed by atoms with Gasteiger partial charge in [0.05, 0.1) is 0 Å². The number of halogens is 1. The summed E-state index contributed by atoms with van der Waals surface area (Å²) in [5.41, 5.74) is 0.485. The van der Waals surface area contributed by atoms with Gasteiger partial charge in [0.15, 0.2) is 0 Å². The molecule has 1 aromatic carbocycles. The molecular weight excluding hydrogens is 370 g/mol. The topological polar surface area (TPSA) is 44.4 Å². The summed E-state index contributed by atoms with van der Waals surface area (Å²) in [5, 5.41) is 8.01. The van der Waals surface area contributed by atoms with Crippen LogP contribution in [-0.4, -0.2) is 41.5 Å². The first-order valence-electron chi connectivity index (χ1n) is 11.0. The lowest BCUT2D eigenvalue weighted by atomic mass is 9.77. The SMILES string of the molecule is CCC1CCN(C(=O)C2(Nc3ccc(Cl)cc3)CCC(NC(C)C)CC2)CC1. The number of carbonyl (C=O) groups is 1. The molecule has 1 saturated heterocycles. The molecule has 5 heteroatoms. The van der Waals surface area contributed by atoms with Gasteiger partial charge in [0, 0.05) is 35.9 Å². The highest BCUT2D eigenvalue weighted by Crippen LogP contribution is 2.35. The van der Waals surface area contributed by atoms with Crippen LogP contribution < -0.4 is 10.6 Å². The smallest absolute Gasteiger partial charge is 0.248 e. The number of rotatable bonds is 6. The Bertz CT molecular complexity index is 630. The number of carbonyl (C=O) groups excluding carboxylic acids is 1. The van der Waals surface area contributed by atoms with E-state index < -0.39 is 5.54 Å². The number of amides is 1. The highest BCUT2D eigenvalue weighted by molar-refractivity contribution is 6.30. The second-order valence-electron chi connectivity index (χ2n) is 8.95. The molecule has 3 rings (SSSR count). The van der Waals surface area contributed by atoms with Crippen molar-refractivity contribution in [2.75, 3.05) is 18.4 Å². The quantitative estimate of drug-likeness (QED) is 0.693. The van der Waals surface area contributed by atoms with Crippen molar-refractivity contribution in [2.24, 2.45) is 5.92 Å². The molecule has 0 bridgehead atoms. The molecule has 156 valence electrons. The predicted octanol–water partition coefficient (Wildman–Crippen LogP) is 5.08. The number of hydrogen-bond acceptors (Lipinski definition) is 3. The molecule has 2 fully saturated rings. The first-order chi connectivity index (χ1) is 13.4. The van der Waals surface area contributed by atoms with Crippen molar-refractivity contribution < 1.29 is 4.79 Å². The zero-order valence-corrected chi connectivity index (χ0v) is 18.4. The molecular formula is C23H36ClN3O. The number of nitrogens with zero attached hydrogens (tertiary/aromatic N) is 1. The van der Waals surface area contributed by atoms with Crippen LogP contribution in [0.3, 0.4) is 0 Å². The van der Waals surface area contributed by atoms with Crippen LogP contribution in [0.15, 0.2) is 24.3 Å². The van der Waals surface area contributed by atoms with Crippen LogP contribution in [0, 0.1) is 5.92 Å². The highest BCUT2D eigenvalue weighted by Gasteiger charge is 2.44. The Morgan fingerprint density at radius 1 is 1.14 bits per heavy atom. The zero-order chi connectivity index (χ0) is 20.1. The van der Waals surface area contributed by atoms with Gasteiger partial charge in [-0.25, -0.2) is 0 Å². The normalized spacial score (nSPS) is 26.5. The van der Waals surface area contributed by atoms with E-state index in [2.05, 4.69) is 36.3 Å². The highest BCUT2D eigenvalue weighted by atomic mass is 35.5. The van der Waals surface area contributed by atoms with Crippen LogP contribution in [0.4, 0.5) is 5.69 Å². The van der Waals surface area contributed by atoms with E-state index in [0.717, 1.165) is 68.2 Å². The molecule has 0 atom stereocenters. The minimum absolute atomic E-state index is 0.292. The fraction of sp³-hybridized carbons (Fsp3) is 0.696. The number of anilines is 1. The fourth-order valence-electron chi connectivity index (χ4n) is 4.80. The van der Waals surface area contributed by atoms with Gasteiger partial charge >= 0.3 is 0 Å². The van der Waals surface area contributed by atoms with Gasteiger partial charge in [0.1, 0.15) is 5.54 Å². The Balaban J connectivity index is 1.75. The summed E-state index contributed by atoms with van der Waals surface area (Å²) in [6.07, 6.45) is 7.28. The molecule has 4 nitrogen and oxygen atoms in total. The summed E-state index contributed by atoms with van der Waals surface area (Å²) in [5.74, 6) is 1.07. The maximum Gasteiger partial charge on any atom is 0.248 e. The van der Waals surface area contributed by atoms with Crippen molar-refractivity contribution in [3.8, 4) is 0 Å². The zero-order valence-electron chi connectivity index (χ0n) is 17.6. The molecule has 0 radical (unpaired) electrons. The maximum absolute atomic E-state index is 13.7. The average molecular weight is 406 g/mol. The summed E-state index contributed by atoms with van der Waals surface area (Å²) in [6, 6.07) is 8.73. The van der Waals surface area contributed by atoms with E-state index in [0.29, 0.717) is 18.0 Å². The van der Waals surface area contributed by atoms with Crippen LogP contribution in [0.25, 0.3) is 0 Å². The minimum Gasteiger partial charge on any atom is -0.371 e. The molecule has 0 aromatic heterocycles. The van der Waals surface area contributed by atoms with Crippen molar-refractivity contribution in [3.05, 3.63) is 29.3 Å². The first kappa shape index (κ1) is 21.4. The van der Waals surface area contributed by atoms with E-state index in [-0.39, 0.29) is 0 Å². The van der Waals surface area contributed by atoms with Crippen LogP contribution in [-0.2, 0) is 4.79 Å². The molecule has 2 N–H and O–H groups in total. The van der Waals surface area contributed by atoms with Crippen molar-refractivity contribution in [3.63, 3.8) is 0 Å². The third kappa shape index (κ3) is 5.21. The van der Waals surface area contributed by atoms with Gasteiger partial charge in [-0.3, -0.25) is 4.79 Å². The summed E-state index contributed by atoms with van der Waals surface area (Å²) >= 11 is 6.06. The number of hydrogen-bond donors (Lipinski definition) is 2. The number of benzene rings is 1. The van der Waals surface area contributed by atoms with Gasteiger partial charge < -0.3 is 15.5 Å². The van der Waals surface area contributed by atoms with Gasteiger partial charge in [0.2, 0.25) is 5.91 Å². The summed E-state index contributed by atoms with van der Waals surface area (Å²) in [6.45, 7) is 8.44. The second kappa shape index (κ2) is 9.49. The monoisotopic (exact) mass is 405 g/mol. The van der Waals surface area contributed by atoms with E-state index in [1.165, 1.54) is 6.42 Å². The average Bonchev–Trinajstić information content (AvgIpc) is 2.70. The molecule has 1 amide bonds. The Kier molecular flexibility index (Phi) is 7.27. The molecule has 1 aromatic rings. The Labute approximate surface area is 175 Å². The minimum atomic E-state index is -0.498. The molecule has 1 aliphatic carbocycles. The lowest BCUT2D eigenvalue weighted by Gasteiger charge is -2.45. The summed E-state index contributed by atoms with van der Waals surface area (Å²) < 4.78 is 0. The molecule has 28 heavy (non-hydrogen) atoms. The summed E-state index contributed by atoms with van der Waals surface area (Å²) in [4.78, 5) is 15.8.